The fourth-order valence-electron chi connectivity index (χ4n) is 12.5. The first-order valence-corrected chi connectivity index (χ1v) is 26.5. The number of hydrogen-bond donors (Lipinski definition) is 0. The molecule has 8 heteroatoms. The van der Waals surface area contributed by atoms with Gasteiger partial charge in [0.25, 0.3) is 0 Å². The average Bonchev–Trinajstić information content (AvgIpc) is 4.10. The van der Waals surface area contributed by atoms with Crippen molar-refractivity contribution in [1.82, 2.24) is 9.13 Å². The molecule has 0 aliphatic heterocycles. The van der Waals surface area contributed by atoms with Crippen LogP contribution in [0.15, 0.2) is 194 Å². The van der Waals surface area contributed by atoms with E-state index in [4.69, 9.17) is 0 Å². The molecule has 79 heavy (non-hydrogen) atoms. The van der Waals surface area contributed by atoms with E-state index in [0.29, 0.717) is 11.4 Å². The van der Waals surface area contributed by atoms with Gasteiger partial charge in [0.1, 0.15) is 0 Å². The molecule has 12 rings (SSSR count). The molecule has 0 fully saturated rings. The monoisotopic (exact) mass is 1050 g/mol. The van der Waals surface area contributed by atoms with Crippen molar-refractivity contribution in [2.45, 2.75) is 73.2 Å². The number of halogens is 6. The minimum atomic E-state index is -5.79. The molecular formula is C71H56F6N2. The van der Waals surface area contributed by atoms with Gasteiger partial charge in [-0.05, 0) is 206 Å². The third-order valence-corrected chi connectivity index (χ3v) is 16.3. The van der Waals surface area contributed by atoms with Crippen LogP contribution in [0.5, 0.6) is 0 Å². The lowest BCUT2D eigenvalue weighted by atomic mass is 9.73. The van der Waals surface area contributed by atoms with Gasteiger partial charge in [-0.25, -0.2) is 0 Å². The van der Waals surface area contributed by atoms with E-state index in [1.165, 1.54) is 24.3 Å². The smallest absolute Gasteiger partial charge is 0.309 e. The molecule has 0 aliphatic carbocycles. The largest absolute Gasteiger partial charge is 0.411 e. The minimum Gasteiger partial charge on any atom is -0.309 e. The van der Waals surface area contributed by atoms with Crippen molar-refractivity contribution >= 4 is 43.6 Å². The topological polar surface area (TPSA) is 9.86 Å². The van der Waals surface area contributed by atoms with Gasteiger partial charge in [-0.2, -0.15) is 26.3 Å². The van der Waals surface area contributed by atoms with Gasteiger partial charge in [-0.3, -0.25) is 0 Å². The Balaban J connectivity index is 0.991. The number of fused-ring (bicyclic) bond motifs is 6. The maximum Gasteiger partial charge on any atom is 0.411 e. The van der Waals surface area contributed by atoms with Crippen LogP contribution in [0.3, 0.4) is 0 Å². The number of benzene rings is 10. The Hall–Kier alpha value is -8.62. The quantitative estimate of drug-likeness (QED) is 0.134. The molecule has 0 radical (unpaired) electrons. The van der Waals surface area contributed by atoms with Gasteiger partial charge < -0.3 is 9.13 Å². The van der Waals surface area contributed by atoms with Crippen LogP contribution < -0.4 is 0 Å². The van der Waals surface area contributed by atoms with Crippen molar-refractivity contribution in [3.05, 3.63) is 250 Å². The molecule has 0 bridgehead atoms. The number of alkyl halides is 6. The van der Waals surface area contributed by atoms with Crippen LogP contribution in [0, 0.1) is 55.4 Å². The highest BCUT2D eigenvalue weighted by molar-refractivity contribution is 6.13. The van der Waals surface area contributed by atoms with E-state index in [-0.39, 0.29) is 0 Å². The van der Waals surface area contributed by atoms with Crippen LogP contribution in [0.2, 0.25) is 0 Å². The van der Waals surface area contributed by atoms with Crippen molar-refractivity contribution in [2.24, 2.45) is 0 Å². The molecule has 0 saturated carbocycles. The second-order valence-electron chi connectivity index (χ2n) is 21.7. The first-order chi connectivity index (χ1) is 37.7. The van der Waals surface area contributed by atoms with Gasteiger partial charge in [-0.1, -0.05) is 144 Å². The Bertz CT molecular complexity index is 3910. The van der Waals surface area contributed by atoms with Crippen LogP contribution in [0.1, 0.15) is 55.6 Å². The normalized spacial score (nSPS) is 12.4. The summed E-state index contributed by atoms with van der Waals surface area (Å²) in [6.07, 6.45) is -11.6. The number of rotatable bonds is 8. The Morgan fingerprint density at radius 3 is 0.722 bits per heavy atom. The summed E-state index contributed by atoms with van der Waals surface area (Å²) < 4.78 is 99.9. The molecule has 0 unspecified atom stereocenters. The maximum atomic E-state index is 16.0. The summed E-state index contributed by atoms with van der Waals surface area (Å²) in [6.45, 7) is 16.5. The SMILES string of the molecule is Cc1ccc(-c2ccc3c(c2)c2cc(-c4ccc(C)cc4C)ccc2n3-c2ccc(C(c3ccc(-n4c5ccc(-c6ccc(C)cc6C)cc5c5cc(-c6ccc(C)cc6C)ccc54)cc3)(C(F)(F)F)C(F)(F)F)cc2)c(C)c1. The zero-order chi connectivity index (χ0) is 55.4. The summed E-state index contributed by atoms with van der Waals surface area (Å²) in [5.41, 5.74) is 14.9. The average molecular weight is 1050 g/mol. The molecule has 0 saturated heterocycles. The van der Waals surface area contributed by atoms with Gasteiger partial charge >= 0.3 is 12.4 Å². The molecule has 0 atom stereocenters. The molecule has 2 aromatic heterocycles. The van der Waals surface area contributed by atoms with Gasteiger partial charge in [0.05, 0.1) is 22.1 Å². The lowest BCUT2D eigenvalue weighted by Gasteiger charge is -2.38. The van der Waals surface area contributed by atoms with Crippen LogP contribution in [0.4, 0.5) is 26.3 Å². The summed E-state index contributed by atoms with van der Waals surface area (Å²) in [5, 5.41) is 3.59. The summed E-state index contributed by atoms with van der Waals surface area (Å²) >= 11 is 0. The second kappa shape index (κ2) is 18.8. The van der Waals surface area contributed by atoms with Gasteiger partial charge in [0.15, 0.2) is 0 Å². The van der Waals surface area contributed by atoms with Crippen LogP contribution in [-0.4, -0.2) is 21.5 Å². The Morgan fingerprint density at radius 1 is 0.266 bits per heavy atom. The number of aryl methyl sites for hydroxylation is 8. The van der Waals surface area contributed by atoms with Gasteiger partial charge in [-0.15, -0.1) is 0 Å². The molecular weight excluding hydrogens is 995 g/mol. The van der Waals surface area contributed by atoms with Crippen LogP contribution in [-0.2, 0) is 5.41 Å². The Morgan fingerprint density at radius 2 is 0.506 bits per heavy atom. The molecule has 0 spiro atoms. The Labute approximate surface area is 455 Å². The highest BCUT2D eigenvalue weighted by Gasteiger charge is 2.72. The zero-order valence-electron chi connectivity index (χ0n) is 45.1. The number of hydrogen-bond acceptors (Lipinski definition) is 0. The highest BCUT2D eigenvalue weighted by Crippen LogP contribution is 2.57. The third kappa shape index (κ3) is 8.42. The lowest BCUT2D eigenvalue weighted by Crippen LogP contribution is -2.54. The minimum absolute atomic E-state index is 0.420. The molecule has 0 N–H and O–H groups in total. The van der Waals surface area contributed by atoms with Crippen molar-refractivity contribution in [1.29, 1.82) is 0 Å². The van der Waals surface area contributed by atoms with Crippen LogP contribution >= 0.6 is 0 Å². The first-order valence-electron chi connectivity index (χ1n) is 26.5. The number of aromatic nitrogens is 2. The molecule has 10 aromatic carbocycles. The van der Waals surface area contributed by atoms with E-state index in [1.54, 1.807) is 0 Å². The molecule has 0 aliphatic rings. The standard InChI is InChI=1S/C71H56F6N2/c1-41-9-25-57(45(5)33-41)49-13-29-65-61(37-49)62-38-50(58-26-10-42(2)34-46(58)6)14-30-66(62)78(65)55-21-17-53(18-22-55)69(70(72,73)74,71(75,76)77)54-19-23-56(24-20-54)79-67-31-15-51(59-27-11-43(3)35-47(59)7)39-63(67)64-40-52(16-32-68(64)79)60-28-12-44(4)36-48(60)8/h9-40H,1-8H3. The van der Waals surface area contributed by atoms with Crippen molar-refractivity contribution in [3.8, 4) is 55.9 Å². The molecule has 0 amide bonds. The van der Waals surface area contributed by atoms with E-state index < -0.39 is 28.9 Å². The fraction of sp³-hybridized carbons (Fsp3) is 0.155. The van der Waals surface area contributed by atoms with Crippen molar-refractivity contribution in [2.75, 3.05) is 0 Å². The summed E-state index contributed by atoms with van der Waals surface area (Å²) in [7, 11) is 0. The third-order valence-electron chi connectivity index (χ3n) is 16.3. The van der Waals surface area contributed by atoms with E-state index in [2.05, 4.69) is 152 Å². The lowest BCUT2D eigenvalue weighted by molar-refractivity contribution is -0.288. The maximum absolute atomic E-state index is 16.0. The van der Waals surface area contributed by atoms with Crippen LogP contribution in [0.25, 0.3) is 99.5 Å². The van der Waals surface area contributed by atoms with Crippen molar-refractivity contribution in [3.63, 3.8) is 0 Å². The van der Waals surface area contributed by atoms with E-state index in [9.17, 15) is 0 Å². The summed E-state index contributed by atoms with van der Waals surface area (Å²) in [4.78, 5) is 0. The van der Waals surface area contributed by atoms with E-state index in [0.717, 1.165) is 157 Å². The molecule has 2 nitrogen and oxygen atoms in total. The van der Waals surface area contributed by atoms with Gasteiger partial charge in [0, 0.05) is 32.9 Å². The number of nitrogens with zero attached hydrogens (tertiary/aromatic N) is 2. The fourth-order valence-corrected chi connectivity index (χ4v) is 12.5. The second-order valence-corrected chi connectivity index (χ2v) is 21.7. The van der Waals surface area contributed by atoms with E-state index >= 15 is 26.3 Å². The predicted molar refractivity (Wildman–Crippen MR) is 314 cm³/mol. The zero-order valence-corrected chi connectivity index (χ0v) is 45.1. The van der Waals surface area contributed by atoms with Gasteiger partial charge in [0.2, 0.25) is 5.41 Å². The molecule has 2 heterocycles. The predicted octanol–water partition coefficient (Wildman–Crippen LogP) is 20.4. The van der Waals surface area contributed by atoms with E-state index in [1.807, 2.05) is 57.7 Å². The highest BCUT2D eigenvalue weighted by atomic mass is 19.4. The van der Waals surface area contributed by atoms with Crippen molar-refractivity contribution < 1.29 is 26.3 Å². The molecule has 392 valence electrons. The summed E-state index contributed by atoms with van der Waals surface area (Å²) in [5.74, 6) is 0. The summed E-state index contributed by atoms with van der Waals surface area (Å²) in [6, 6.07) is 59.2. The molecule has 12 aromatic rings. The Kier molecular flexibility index (Phi) is 12.2. The first kappa shape index (κ1) is 51.2.